The van der Waals surface area contributed by atoms with Crippen LogP contribution in [-0.2, 0) is 26.2 Å². The van der Waals surface area contributed by atoms with Crippen LogP contribution in [0.4, 0.5) is 5.69 Å². The second-order valence-corrected chi connectivity index (χ2v) is 14.3. The number of likely N-dealkylation sites (tertiary alicyclic amines) is 1. The third-order valence-corrected chi connectivity index (χ3v) is 9.72. The van der Waals surface area contributed by atoms with E-state index < -0.39 is 21.6 Å². The Balaban J connectivity index is 0.00000442. The molecule has 2 heterocycles. The molecule has 0 bridgehead atoms. The summed E-state index contributed by atoms with van der Waals surface area (Å²) in [7, 11) is -3.33. The van der Waals surface area contributed by atoms with E-state index in [2.05, 4.69) is 21.9 Å². The molecule has 3 aliphatic rings. The van der Waals surface area contributed by atoms with E-state index in [1.165, 1.54) is 19.3 Å². The van der Waals surface area contributed by atoms with Gasteiger partial charge in [0.1, 0.15) is 23.1 Å². The monoisotopic (exact) mass is 646 g/mol. The van der Waals surface area contributed by atoms with E-state index in [1.54, 1.807) is 24.3 Å². The highest BCUT2D eigenvalue weighted by Gasteiger charge is 2.54. The van der Waals surface area contributed by atoms with Gasteiger partial charge in [0, 0.05) is 25.3 Å². The van der Waals surface area contributed by atoms with Crippen LogP contribution in [0.5, 0.6) is 11.5 Å². The smallest absolute Gasteiger partial charge is 0.247 e. The van der Waals surface area contributed by atoms with Crippen molar-refractivity contribution in [3.63, 3.8) is 0 Å². The molecule has 2 aromatic rings. The molecule has 1 aliphatic carbocycles. The highest BCUT2D eigenvalue weighted by atomic mass is 35.5. The molecule has 3 fully saturated rings. The van der Waals surface area contributed by atoms with Gasteiger partial charge in [0.15, 0.2) is 0 Å². The lowest BCUT2D eigenvalue weighted by atomic mass is 9.79. The summed E-state index contributed by atoms with van der Waals surface area (Å²) in [6.45, 7) is 4.86. The molecule has 2 atom stereocenters. The number of anilines is 1. The number of sulfonamides is 1. The molecule has 2 N–H and O–H groups in total. The highest BCUT2D eigenvalue weighted by Crippen LogP contribution is 2.36. The number of carbonyl (C=O) groups is 2. The van der Waals surface area contributed by atoms with Gasteiger partial charge in [-0.1, -0.05) is 57.6 Å². The van der Waals surface area contributed by atoms with Gasteiger partial charge in [-0.3, -0.25) is 19.2 Å². The molecule has 242 valence electrons. The molecule has 2 saturated heterocycles. The summed E-state index contributed by atoms with van der Waals surface area (Å²) in [4.78, 5) is 32.0. The maximum Gasteiger partial charge on any atom is 0.247 e. The van der Waals surface area contributed by atoms with Crippen LogP contribution in [0.1, 0.15) is 76.7 Å². The number of hydrogen-bond donors (Lipinski definition) is 2. The lowest BCUT2D eigenvalue weighted by Gasteiger charge is -2.52. The summed E-state index contributed by atoms with van der Waals surface area (Å²) < 4.78 is 31.2. The van der Waals surface area contributed by atoms with Crippen LogP contribution in [0.2, 0.25) is 0 Å². The van der Waals surface area contributed by atoms with Gasteiger partial charge in [-0.15, -0.1) is 12.4 Å². The predicted octanol–water partition coefficient (Wildman–Crippen LogP) is 5.70. The molecule has 5 rings (SSSR count). The molecule has 2 aromatic carbocycles. The van der Waals surface area contributed by atoms with Crippen molar-refractivity contribution in [2.24, 2.45) is 5.92 Å². The molecule has 1 unspecified atom stereocenters. The molecular weight excluding hydrogens is 600 g/mol. The number of amides is 2. The first kappa shape index (κ1) is 34.1. The Bertz CT molecular complexity index is 1370. The van der Waals surface area contributed by atoms with Gasteiger partial charge in [0.05, 0.1) is 6.26 Å². The Morgan fingerprint density at radius 2 is 1.64 bits per heavy atom. The Morgan fingerprint density at radius 3 is 2.27 bits per heavy atom. The molecule has 1 saturated carbocycles. The fourth-order valence-electron chi connectivity index (χ4n) is 6.96. The number of rotatable bonds is 11. The van der Waals surface area contributed by atoms with Crippen molar-refractivity contribution in [1.29, 1.82) is 0 Å². The number of nitrogens with one attached hydrogen (secondary N) is 2. The van der Waals surface area contributed by atoms with Gasteiger partial charge in [0.2, 0.25) is 21.8 Å². The fourth-order valence-corrected chi connectivity index (χ4v) is 7.52. The molecule has 44 heavy (non-hydrogen) atoms. The fraction of sp³-hybridized carbons (Fsp3) is 0.576. The first-order valence-corrected chi connectivity index (χ1v) is 17.7. The number of halogens is 1. The molecule has 11 heteroatoms. The Hall–Kier alpha value is -2.82. The van der Waals surface area contributed by atoms with Crippen molar-refractivity contribution in [1.82, 2.24) is 15.1 Å². The number of piperidine rings is 1. The number of nitrogens with zero attached hydrogens (tertiary/aromatic N) is 2. The summed E-state index contributed by atoms with van der Waals surface area (Å²) in [6, 6.07) is 14.2. The van der Waals surface area contributed by atoms with Gasteiger partial charge in [-0.2, -0.15) is 0 Å². The Morgan fingerprint density at radius 1 is 0.977 bits per heavy atom. The minimum absolute atomic E-state index is 0. The molecule has 0 aromatic heterocycles. The van der Waals surface area contributed by atoms with Gasteiger partial charge in [0.25, 0.3) is 0 Å². The molecule has 1 spiro atoms. The zero-order chi connectivity index (χ0) is 30.5. The van der Waals surface area contributed by atoms with E-state index in [1.807, 2.05) is 29.2 Å². The first-order chi connectivity index (χ1) is 20.6. The minimum atomic E-state index is -3.33. The van der Waals surface area contributed by atoms with Crippen LogP contribution in [0.3, 0.4) is 0 Å². The van der Waals surface area contributed by atoms with Gasteiger partial charge in [-0.05, 0) is 80.1 Å². The number of hydrogen-bond acceptors (Lipinski definition) is 6. The molecular formula is C33H47ClN4O5S. The number of piperazine rings is 1. The van der Waals surface area contributed by atoms with Crippen molar-refractivity contribution in [2.75, 3.05) is 30.6 Å². The average Bonchev–Trinajstić information content (AvgIpc) is 2.98. The van der Waals surface area contributed by atoms with Crippen LogP contribution in [-0.4, -0.2) is 67.5 Å². The number of ether oxygens (including phenoxy) is 1. The van der Waals surface area contributed by atoms with Crippen molar-refractivity contribution in [3.8, 4) is 11.5 Å². The average molecular weight is 647 g/mol. The quantitative estimate of drug-likeness (QED) is 0.324. The summed E-state index contributed by atoms with van der Waals surface area (Å²) in [5, 5.41) is 3.20. The lowest BCUT2D eigenvalue weighted by molar-refractivity contribution is -0.162. The molecule has 2 amide bonds. The van der Waals surface area contributed by atoms with E-state index in [-0.39, 0.29) is 24.2 Å². The molecule has 2 aliphatic heterocycles. The SMILES string of the molecule is CCCCN1C(=O)[C@H](CC2CCCCC2)NC(=O)C12CCCN(Cc1ccc(Oc3ccc(NS(C)(=O)=O)cc3)cc1)C2.Cl. The standard InChI is InChI=1S/C33H46N4O5S.ClH/c1-3-4-21-37-31(38)30(22-25-9-6-5-7-10-25)34-32(39)33(37)19-8-20-36(24-33)23-26-11-15-28(16-12-26)42-29-17-13-27(14-18-29)35-43(2,40)41;/h11-18,25,30,35H,3-10,19-24H2,1-2H3,(H,34,39);1H/t30-,33?;/m0./s1. The second kappa shape index (κ2) is 15.0. The van der Waals surface area contributed by atoms with Crippen LogP contribution in [0.15, 0.2) is 48.5 Å². The van der Waals surface area contributed by atoms with Crippen LogP contribution < -0.4 is 14.8 Å². The van der Waals surface area contributed by atoms with Crippen LogP contribution in [0.25, 0.3) is 0 Å². The molecule has 9 nitrogen and oxygen atoms in total. The minimum Gasteiger partial charge on any atom is -0.457 e. The topological polar surface area (TPSA) is 108 Å². The van der Waals surface area contributed by atoms with Gasteiger partial charge in [-0.25, -0.2) is 8.42 Å². The predicted molar refractivity (Wildman–Crippen MR) is 176 cm³/mol. The Kier molecular flexibility index (Phi) is 11.6. The summed E-state index contributed by atoms with van der Waals surface area (Å²) >= 11 is 0. The number of benzene rings is 2. The lowest BCUT2D eigenvalue weighted by Crippen LogP contribution is -2.74. The Labute approximate surface area is 268 Å². The number of unbranched alkanes of at least 4 members (excludes halogenated alkanes) is 1. The number of carbonyl (C=O) groups excluding carboxylic acids is 2. The van der Waals surface area contributed by atoms with Crippen molar-refractivity contribution >= 4 is 39.9 Å². The van der Waals surface area contributed by atoms with Crippen molar-refractivity contribution in [3.05, 3.63) is 54.1 Å². The van der Waals surface area contributed by atoms with Gasteiger partial charge >= 0.3 is 0 Å². The highest BCUT2D eigenvalue weighted by molar-refractivity contribution is 7.92. The summed E-state index contributed by atoms with van der Waals surface area (Å²) in [6.07, 6.45) is 11.4. The third-order valence-electron chi connectivity index (χ3n) is 9.11. The second-order valence-electron chi connectivity index (χ2n) is 12.6. The maximum atomic E-state index is 13.9. The first-order valence-electron chi connectivity index (χ1n) is 15.8. The van der Waals surface area contributed by atoms with E-state index >= 15 is 0 Å². The largest absolute Gasteiger partial charge is 0.457 e. The normalized spacial score (nSPS) is 23.2. The van der Waals surface area contributed by atoms with E-state index in [9.17, 15) is 18.0 Å². The van der Waals surface area contributed by atoms with E-state index in [0.29, 0.717) is 49.2 Å². The zero-order valence-corrected chi connectivity index (χ0v) is 27.6. The van der Waals surface area contributed by atoms with Crippen molar-refractivity contribution < 1.29 is 22.7 Å². The van der Waals surface area contributed by atoms with E-state index in [0.717, 1.165) is 56.9 Å². The summed E-state index contributed by atoms with van der Waals surface area (Å²) in [5.41, 5.74) is 0.773. The summed E-state index contributed by atoms with van der Waals surface area (Å²) in [5.74, 6) is 1.94. The van der Waals surface area contributed by atoms with Crippen LogP contribution >= 0.6 is 12.4 Å². The van der Waals surface area contributed by atoms with Crippen LogP contribution in [0, 0.1) is 5.92 Å². The zero-order valence-electron chi connectivity index (χ0n) is 25.9. The van der Waals surface area contributed by atoms with Crippen molar-refractivity contribution in [2.45, 2.75) is 89.3 Å². The maximum absolute atomic E-state index is 13.9. The third kappa shape index (κ3) is 8.46. The van der Waals surface area contributed by atoms with E-state index in [4.69, 9.17) is 4.74 Å². The molecule has 0 radical (unpaired) electrons. The van der Waals surface area contributed by atoms with Gasteiger partial charge < -0.3 is 15.0 Å².